The minimum absolute atomic E-state index is 0.0256. The number of aromatic nitrogens is 5. The van der Waals surface area contributed by atoms with E-state index in [0.29, 0.717) is 52.5 Å². The molecule has 1 N–H and O–H groups in total. The fraction of sp³-hybridized carbons (Fsp3) is 0.320. The van der Waals surface area contributed by atoms with Crippen molar-refractivity contribution in [1.82, 2.24) is 24.5 Å². The Morgan fingerprint density at radius 3 is 2.53 bits per heavy atom. The van der Waals surface area contributed by atoms with Gasteiger partial charge in [0.15, 0.2) is 0 Å². The number of nitrogens with zero attached hydrogens (tertiary/aromatic N) is 5. The van der Waals surface area contributed by atoms with E-state index in [-0.39, 0.29) is 23.1 Å². The molecule has 0 aliphatic carbocycles. The maximum Gasteiger partial charge on any atom is 0.260 e. The topological polar surface area (TPSA) is 120 Å². The summed E-state index contributed by atoms with van der Waals surface area (Å²) >= 11 is 6.66. The van der Waals surface area contributed by atoms with Gasteiger partial charge in [-0.25, -0.2) is 13.4 Å². The Balaban J connectivity index is 1.51. The normalized spacial score (nSPS) is 15.8. The van der Waals surface area contributed by atoms with Crippen LogP contribution in [0.1, 0.15) is 25.5 Å². The standard InChI is InChI=1S/C25H25ClN6O3S/c1-3-32-23-17(14-29-25(31-23)30-18-6-10-36(34,35)11-7-18)12-20(24(32)33)19-5-4-16(13-21(19)26)22-15(2)27-8-9-28-22/h4-5,8-9,12-14,18H,3,6-7,10-11H2,1-2H3,(H,29,30,31). The summed E-state index contributed by atoms with van der Waals surface area (Å²) in [6.07, 6.45) is 5.95. The Kier molecular flexibility index (Phi) is 6.48. The third-order valence-corrected chi connectivity index (χ3v) is 8.47. The number of rotatable bonds is 5. The number of fused-ring (bicyclic) bond motifs is 1. The van der Waals surface area contributed by atoms with Crippen molar-refractivity contribution in [3.05, 3.63) is 63.9 Å². The van der Waals surface area contributed by atoms with Crippen molar-refractivity contribution in [2.24, 2.45) is 0 Å². The van der Waals surface area contributed by atoms with Crippen molar-refractivity contribution < 1.29 is 8.42 Å². The highest BCUT2D eigenvalue weighted by Gasteiger charge is 2.24. The van der Waals surface area contributed by atoms with Gasteiger partial charge < -0.3 is 5.32 Å². The number of sulfone groups is 1. The Hall–Kier alpha value is -3.37. The van der Waals surface area contributed by atoms with Crippen LogP contribution in [0, 0.1) is 6.92 Å². The third-order valence-electron chi connectivity index (χ3n) is 6.44. The van der Waals surface area contributed by atoms with Gasteiger partial charge in [-0.3, -0.25) is 19.3 Å². The summed E-state index contributed by atoms with van der Waals surface area (Å²) in [5.74, 6) is 0.678. The highest BCUT2D eigenvalue weighted by atomic mass is 35.5. The van der Waals surface area contributed by atoms with Crippen LogP contribution in [0.15, 0.2) is 47.7 Å². The molecule has 0 amide bonds. The van der Waals surface area contributed by atoms with Crippen molar-refractivity contribution >= 4 is 38.4 Å². The van der Waals surface area contributed by atoms with Gasteiger partial charge in [0.25, 0.3) is 5.56 Å². The minimum Gasteiger partial charge on any atom is -0.351 e. The highest BCUT2D eigenvalue weighted by molar-refractivity contribution is 7.91. The van der Waals surface area contributed by atoms with Crippen LogP contribution in [0.25, 0.3) is 33.4 Å². The molecule has 4 heterocycles. The van der Waals surface area contributed by atoms with E-state index in [9.17, 15) is 13.2 Å². The van der Waals surface area contributed by atoms with E-state index in [4.69, 9.17) is 11.6 Å². The maximum absolute atomic E-state index is 13.5. The second-order valence-corrected chi connectivity index (χ2v) is 11.5. The van der Waals surface area contributed by atoms with E-state index in [1.54, 1.807) is 35.3 Å². The average Bonchev–Trinajstić information content (AvgIpc) is 2.85. The van der Waals surface area contributed by atoms with Crippen LogP contribution in [-0.4, -0.2) is 50.5 Å². The summed E-state index contributed by atoms with van der Waals surface area (Å²) in [6.45, 7) is 4.18. The molecule has 3 aromatic heterocycles. The van der Waals surface area contributed by atoms with Gasteiger partial charge in [-0.15, -0.1) is 0 Å². The number of benzene rings is 1. The van der Waals surface area contributed by atoms with Crippen LogP contribution >= 0.6 is 11.6 Å². The molecule has 36 heavy (non-hydrogen) atoms. The molecule has 11 heteroatoms. The van der Waals surface area contributed by atoms with Crippen molar-refractivity contribution in [2.45, 2.75) is 39.3 Å². The number of nitrogens with one attached hydrogen (secondary N) is 1. The maximum atomic E-state index is 13.5. The second-order valence-electron chi connectivity index (χ2n) is 8.84. The van der Waals surface area contributed by atoms with Gasteiger partial charge in [0.1, 0.15) is 15.5 Å². The molecular weight excluding hydrogens is 500 g/mol. The number of anilines is 1. The minimum atomic E-state index is -2.96. The van der Waals surface area contributed by atoms with E-state index in [2.05, 4.69) is 25.3 Å². The number of halogens is 1. The molecule has 0 atom stereocenters. The molecule has 4 aromatic rings. The number of hydrogen-bond acceptors (Lipinski definition) is 8. The lowest BCUT2D eigenvalue weighted by atomic mass is 10.0. The van der Waals surface area contributed by atoms with Crippen LogP contribution in [0.2, 0.25) is 5.02 Å². The first-order valence-corrected chi connectivity index (χ1v) is 13.9. The Morgan fingerprint density at radius 1 is 1.08 bits per heavy atom. The predicted molar refractivity (Wildman–Crippen MR) is 141 cm³/mol. The Bertz CT molecular complexity index is 1620. The summed E-state index contributed by atoms with van der Waals surface area (Å²) in [7, 11) is -2.96. The first kappa shape index (κ1) is 24.3. The average molecular weight is 525 g/mol. The van der Waals surface area contributed by atoms with Gasteiger partial charge in [0.2, 0.25) is 5.95 Å². The molecule has 1 saturated heterocycles. The molecule has 1 aliphatic rings. The summed E-state index contributed by atoms with van der Waals surface area (Å²) in [5.41, 5.74) is 3.72. The molecule has 186 valence electrons. The molecule has 0 spiro atoms. The van der Waals surface area contributed by atoms with E-state index < -0.39 is 9.84 Å². The van der Waals surface area contributed by atoms with E-state index in [1.807, 2.05) is 26.0 Å². The zero-order valence-corrected chi connectivity index (χ0v) is 21.5. The molecule has 0 bridgehead atoms. The molecular formula is C25H25ClN6O3S. The van der Waals surface area contributed by atoms with Crippen molar-refractivity contribution in [3.63, 3.8) is 0 Å². The van der Waals surface area contributed by atoms with Gasteiger partial charge >= 0.3 is 0 Å². The predicted octanol–water partition coefficient (Wildman–Crippen LogP) is 3.89. The van der Waals surface area contributed by atoms with Gasteiger partial charge in [0.05, 0.1) is 22.9 Å². The van der Waals surface area contributed by atoms with E-state index >= 15 is 0 Å². The molecule has 0 radical (unpaired) electrons. The van der Waals surface area contributed by atoms with Gasteiger partial charge in [0, 0.05) is 58.3 Å². The van der Waals surface area contributed by atoms with Crippen LogP contribution in [-0.2, 0) is 16.4 Å². The highest BCUT2D eigenvalue weighted by Crippen LogP contribution is 2.32. The molecule has 1 aromatic carbocycles. The van der Waals surface area contributed by atoms with Gasteiger partial charge in [-0.1, -0.05) is 23.7 Å². The summed E-state index contributed by atoms with van der Waals surface area (Å²) in [5, 5.41) is 4.36. The van der Waals surface area contributed by atoms with E-state index in [0.717, 1.165) is 17.0 Å². The largest absolute Gasteiger partial charge is 0.351 e. The van der Waals surface area contributed by atoms with Crippen molar-refractivity contribution in [3.8, 4) is 22.4 Å². The smallest absolute Gasteiger partial charge is 0.260 e. The molecule has 5 rings (SSSR count). The lowest BCUT2D eigenvalue weighted by molar-refractivity contribution is 0.558. The lowest BCUT2D eigenvalue weighted by Gasteiger charge is -2.23. The van der Waals surface area contributed by atoms with Crippen LogP contribution < -0.4 is 10.9 Å². The van der Waals surface area contributed by atoms with Gasteiger partial charge in [-0.05, 0) is 38.8 Å². The molecule has 0 saturated carbocycles. The molecule has 9 nitrogen and oxygen atoms in total. The lowest BCUT2D eigenvalue weighted by Crippen LogP contribution is -2.32. The quantitative estimate of drug-likeness (QED) is 0.417. The molecule has 1 fully saturated rings. The summed E-state index contributed by atoms with van der Waals surface area (Å²) in [4.78, 5) is 31.2. The SMILES string of the molecule is CCn1c(=O)c(-c2ccc(-c3nccnc3C)cc2Cl)cc2cnc(NC3CCS(=O)(=O)CC3)nc21. The van der Waals surface area contributed by atoms with Gasteiger partial charge in [-0.2, -0.15) is 4.98 Å². The van der Waals surface area contributed by atoms with Crippen LogP contribution in [0.3, 0.4) is 0 Å². The van der Waals surface area contributed by atoms with E-state index in [1.165, 1.54) is 0 Å². The monoisotopic (exact) mass is 524 g/mol. The Labute approximate surface area is 213 Å². The second kappa shape index (κ2) is 9.59. The number of pyridine rings is 1. The molecule has 0 unspecified atom stereocenters. The first-order chi connectivity index (χ1) is 17.3. The Morgan fingerprint density at radius 2 is 1.83 bits per heavy atom. The van der Waals surface area contributed by atoms with Crippen LogP contribution in [0.5, 0.6) is 0 Å². The number of aryl methyl sites for hydroxylation is 2. The third kappa shape index (κ3) is 4.70. The summed E-state index contributed by atoms with van der Waals surface area (Å²) < 4.78 is 25.0. The zero-order chi connectivity index (χ0) is 25.4. The van der Waals surface area contributed by atoms with Crippen molar-refractivity contribution in [1.29, 1.82) is 0 Å². The fourth-order valence-corrected chi connectivity index (χ4v) is 6.28. The van der Waals surface area contributed by atoms with Crippen LogP contribution in [0.4, 0.5) is 5.95 Å². The summed E-state index contributed by atoms with van der Waals surface area (Å²) in [6, 6.07) is 7.23. The van der Waals surface area contributed by atoms with Crippen molar-refractivity contribution in [2.75, 3.05) is 16.8 Å². The first-order valence-electron chi connectivity index (χ1n) is 11.7. The molecule has 1 aliphatic heterocycles. The number of hydrogen-bond donors (Lipinski definition) is 1. The fourth-order valence-electron chi connectivity index (χ4n) is 4.50. The zero-order valence-electron chi connectivity index (χ0n) is 19.9.